The predicted molar refractivity (Wildman–Crippen MR) is 101 cm³/mol. The monoisotopic (exact) mass is 376 g/mol. The van der Waals surface area contributed by atoms with Crippen LogP contribution in [-0.4, -0.2) is 29.6 Å². The number of para-hydroxylation sites is 1. The Bertz CT molecular complexity index is 979. The van der Waals surface area contributed by atoms with E-state index < -0.39 is 0 Å². The first kappa shape index (κ1) is 17.7. The summed E-state index contributed by atoms with van der Waals surface area (Å²) >= 11 is 3.02. The molecule has 0 bridgehead atoms. The van der Waals surface area contributed by atoms with Gasteiger partial charge in [0.25, 0.3) is 5.91 Å². The van der Waals surface area contributed by atoms with E-state index in [1.54, 1.807) is 42.1 Å². The first-order valence-electron chi connectivity index (χ1n) is 7.64. The van der Waals surface area contributed by atoms with Gasteiger partial charge in [0.05, 0.1) is 22.9 Å². The number of nitrogens with zero attached hydrogens (tertiary/aromatic N) is 2. The quantitative estimate of drug-likeness (QED) is 0.677. The minimum Gasteiger partial charge on any atom is -0.496 e. The largest absolute Gasteiger partial charge is 0.496 e. The van der Waals surface area contributed by atoms with Crippen LogP contribution in [0.5, 0.6) is 5.75 Å². The Morgan fingerprint density at radius 2 is 2.12 bits per heavy atom. The van der Waals surface area contributed by atoms with Crippen LogP contribution in [0.15, 0.2) is 47.5 Å². The van der Waals surface area contributed by atoms with Crippen molar-refractivity contribution in [1.82, 2.24) is 4.57 Å². The zero-order valence-corrected chi connectivity index (χ0v) is 15.5. The maximum absolute atomic E-state index is 13.5. The summed E-state index contributed by atoms with van der Waals surface area (Å²) in [6.45, 7) is 0.699. The predicted octanol–water partition coefficient (Wildman–Crippen LogP) is 3.95. The van der Waals surface area contributed by atoms with Crippen LogP contribution in [0.3, 0.4) is 0 Å². The number of fused-ring (bicyclic) bond motifs is 1. The van der Waals surface area contributed by atoms with Gasteiger partial charge in [0.2, 0.25) is 0 Å². The van der Waals surface area contributed by atoms with Gasteiger partial charge in [0.1, 0.15) is 11.6 Å². The van der Waals surface area contributed by atoms with E-state index in [1.165, 1.54) is 30.6 Å². The van der Waals surface area contributed by atoms with E-state index in [0.29, 0.717) is 22.7 Å². The number of hydrogen-bond donors (Lipinski definition) is 0. The van der Waals surface area contributed by atoms with E-state index in [9.17, 15) is 9.18 Å². The van der Waals surface area contributed by atoms with Gasteiger partial charge >= 0.3 is 0 Å². The summed E-state index contributed by atoms with van der Waals surface area (Å²) in [6.07, 6.45) is 2.02. The lowest BCUT2D eigenvalue weighted by molar-refractivity contribution is 0.0995. The van der Waals surface area contributed by atoms with Crippen LogP contribution < -0.4 is 9.54 Å². The number of rotatable bonds is 5. The SMILES string of the molecule is COc1ccccc1C(=O)N=c1sc2cc(F)ccc2n1CCSC. The molecule has 0 aliphatic rings. The summed E-state index contributed by atoms with van der Waals surface area (Å²) in [5.41, 5.74) is 1.29. The molecule has 0 aliphatic carbocycles. The number of ether oxygens (including phenoxy) is 1. The van der Waals surface area contributed by atoms with E-state index in [1.807, 2.05) is 10.8 Å². The molecule has 0 spiro atoms. The van der Waals surface area contributed by atoms with Crippen LogP contribution in [0.2, 0.25) is 0 Å². The van der Waals surface area contributed by atoms with Crippen molar-refractivity contribution in [3.63, 3.8) is 0 Å². The molecule has 0 unspecified atom stereocenters. The number of carbonyl (C=O) groups is 1. The maximum atomic E-state index is 13.5. The number of benzene rings is 2. The molecule has 1 aromatic heterocycles. The van der Waals surface area contributed by atoms with Crippen LogP contribution in [0.4, 0.5) is 4.39 Å². The first-order valence-corrected chi connectivity index (χ1v) is 9.85. The Labute approximate surface area is 153 Å². The molecule has 130 valence electrons. The number of halogens is 1. The smallest absolute Gasteiger partial charge is 0.283 e. The van der Waals surface area contributed by atoms with Crippen molar-refractivity contribution in [3.8, 4) is 5.75 Å². The highest BCUT2D eigenvalue weighted by Crippen LogP contribution is 2.21. The van der Waals surface area contributed by atoms with Gasteiger partial charge < -0.3 is 9.30 Å². The number of hydrogen-bond acceptors (Lipinski definition) is 4. The molecule has 0 saturated carbocycles. The van der Waals surface area contributed by atoms with E-state index in [0.717, 1.165) is 16.0 Å². The molecule has 0 atom stereocenters. The number of amides is 1. The molecule has 0 radical (unpaired) electrons. The van der Waals surface area contributed by atoms with Crippen molar-refractivity contribution in [3.05, 3.63) is 58.6 Å². The number of thioether (sulfide) groups is 1. The third kappa shape index (κ3) is 3.77. The first-order chi connectivity index (χ1) is 12.1. The average Bonchev–Trinajstić information content (AvgIpc) is 2.95. The fraction of sp³-hybridized carbons (Fsp3) is 0.222. The number of aryl methyl sites for hydroxylation is 1. The maximum Gasteiger partial charge on any atom is 0.283 e. The molecule has 4 nitrogen and oxygen atoms in total. The minimum atomic E-state index is -0.373. The number of carbonyl (C=O) groups excluding carboxylic acids is 1. The number of thiazole rings is 1. The average molecular weight is 376 g/mol. The molecule has 0 N–H and O–H groups in total. The lowest BCUT2D eigenvalue weighted by Gasteiger charge is -2.05. The minimum absolute atomic E-state index is 0.298. The Kier molecular flexibility index (Phi) is 5.55. The standard InChI is InChI=1S/C18H17FN2O2S2/c1-23-15-6-4-3-5-13(15)17(22)20-18-21(9-10-24-2)14-8-7-12(19)11-16(14)25-18/h3-8,11H,9-10H2,1-2H3. The number of methoxy groups -OCH3 is 1. The lowest BCUT2D eigenvalue weighted by Crippen LogP contribution is -2.18. The van der Waals surface area contributed by atoms with Crippen LogP contribution in [0.25, 0.3) is 10.2 Å². The summed E-state index contributed by atoms with van der Waals surface area (Å²) < 4.78 is 21.5. The van der Waals surface area contributed by atoms with Crippen LogP contribution in [-0.2, 0) is 6.54 Å². The molecule has 7 heteroatoms. The molecule has 3 aromatic rings. The molecule has 1 amide bonds. The van der Waals surface area contributed by atoms with Gasteiger partial charge in [-0.1, -0.05) is 23.5 Å². The third-order valence-corrected chi connectivity index (χ3v) is 5.33. The highest BCUT2D eigenvalue weighted by atomic mass is 32.2. The van der Waals surface area contributed by atoms with Gasteiger partial charge in [-0.2, -0.15) is 16.8 Å². The molecule has 1 heterocycles. The second-order valence-electron chi connectivity index (χ2n) is 5.26. The Balaban J connectivity index is 2.12. The zero-order valence-electron chi connectivity index (χ0n) is 13.9. The van der Waals surface area contributed by atoms with Gasteiger partial charge in [0.15, 0.2) is 4.80 Å². The van der Waals surface area contributed by atoms with Crippen molar-refractivity contribution in [2.75, 3.05) is 19.1 Å². The molecular formula is C18H17FN2O2S2. The molecule has 0 fully saturated rings. The van der Waals surface area contributed by atoms with Gasteiger partial charge in [-0.15, -0.1) is 0 Å². The normalized spacial score (nSPS) is 11.9. The molecular weight excluding hydrogens is 359 g/mol. The van der Waals surface area contributed by atoms with Crippen LogP contribution in [0, 0.1) is 5.82 Å². The molecule has 3 rings (SSSR count). The summed E-state index contributed by atoms with van der Waals surface area (Å²) in [7, 11) is 1.52. The van der Waals surface area contributed by atoms with E-state index in [-0.39, 0.29) is 11.7 Å². The Morgan fingerprint density at radius 3 is 2.88 bits per heavy atom. The fourth-order valence-electron chi connectivity index (χ4n) is 2.50. The topological polar surface area (TPSA) is 43.6 Å². The third-order valence-electron chi connectivity index (χ3n) is 3.70. The van der Waals surface area contributed by atoms with Crippen LogP contribution in [0.1, 0.15) is 10.4 Å². The Morgan fingerprint density at radius 1 is 1.32 bits per heavy atom. The molecule has 25 heavy (non-hydrogen) atoms. The van der Waals surface area contributed by atoms with Crippen molar-refractivity contribution in [1.29, 1.82) is 0 Å². The molecule has 0 aliphatic heterocycles. The molecule has 2 aromatic carbocycles. The second-order valence-corrected chi connectivity index (χ2v) is 7.25. The van der Waals surface area contributed by atoms with E-state index in [2.05, 4.69) is 4.99 Å². The highest BCUT2D eigenvalue weighted by Gasteiger charge is 2.13. The lowest BCUT2D eigenvalue weighted by atomic mass is 10.2. The second kappa shape index (κ2) is 7.84. The van der Waals surface area contributed by atoms with E-state index in [4.69, 9.17) is 4.74 Å². The molecule has 0 saturated heterocycles. The van der Waals surface area contributed by atoms with Gasteiger partial charge in [-0.3, -0.25) is 4.79 Å². The Hall–Kier alpha value is -2.12. The summed E-state index contributed by atoms with van der Waals surface area (Å²) in [5, 5.41) is 0. The fourth-order valence-corrected chi connectivity index (χ4v) is 3.94. The number of aromatic nitrogens is 1. The van der Waals surface area contributed by atoms with Crippen molar-refractivity contribution < 1.29 is 13.9 Å². The van der Waals surface area contributed by atoms with Crippen molar-refractivity contribution >= 4 is 39.2 Å². The summed E-state index contributed by atoms with van der Waals surface area (Å²) in [5.74, 6) is 0.689. The van der Waals surface area contributed by atoms with Gasteiger partial charge in [-0.05, 0) is 36.6 Å². The van der Waals surface area contributed by atoms with Crippen molar-refractivity contribution in [2.45, 2.75) is 6.54 Å². The summed E-state index contributed by atoms with van der Waals surface area (Å²) in [6, 6.07) is 11.6. The van der Waals surface area contributed by atoms with Gasteiger partial charge in [-0.25, -0.2) is 4.39 Å². The van der Waals surface area contributed by atoms with Gasteiger partial charge in [0, 0.05) is 12.3 Å². The summed E-state index contributed by atoms with van der Waals surface area (Å²) in [4.78, 5) is 17.5. The zero-order chi connectivity index (χ0) is 17.8. The van der Waals surface area contributed by atoms with Crippen molar-refractivity contribution in [2.24, 2.45) is 4.99 Å². The van der Waals surface area contributed by atoms with Crippen LogP contribution >= 0.6 is 23.1 Å². The highest BCUT2D eigenvalue weighted by molar-refractivity contribution is 7.98. The van der Waals surface area contributed by atoms with E-state index >= 15 is 0 Å².